The fraction of sp³-hybridized carbons (Fsp3) is 0.250. The standard InChI is InChI=1S/C16H15B2/c1-10-4-6-12-13-7-5-11(2)9-15(13)16(3,18-17)14(12)8-10/h4-9H,1-3H3. The third kappa shape index (κ3) is 1.41. The molecule has 3 radical (unpaired) electrons. The van der Waals surface area contributed by atoms with Crippen molar-refractivity contribution < 1.29 is 0 Å². The van der Waals surface area contributed by atoms with Crippen LogP contribution < -0.4 is 0 Å². The first-order valence-electron chi connectivity index (χ1n) is 6.35. The number of hydrogen-bond donors (Lipinski definition) is 0. The molecule has 0 spiro atoms. The van der Waals surface area contributed by atoms with Crippen LogP contribution in [0.15, 0.2) is 36.4 Å². The monoisotopic (exact) mass is 229 g/mol. The minimum absolute atomic E-state index is 0.164. The van der Waals surface area contributed by atoms with E-state index in [4.69, 9.17) is 7.74 Å². The van der Waals surface area contributed by atoms with Crippen molar-refractivity contribution in [2.24, 2.45) is 0 Å². The molecule has 0 bridgehead atoms. The highest BCUT2D eigenvalue weighted by molar-refractivity contribution is 6.91. The van der Waals surface area contributed by atoms with E-state index in [0.717, 1.165) is 0 Å². The zero-order valence-electron chi connectivity index (χ0n) is 11.1. The zero-order valence-corrected chi connectivity index (χ0v) is 11.1. The third-order valence-corrected chi connectivity index (χ3v) is 4.09. The molecule has 2 heteroatoms. The van der Waals surface area contributed by atoms with E-state index < -0.39 is 0 Å². The molecule has 0 heterocycles. The Labute approximate surface area is 111 Å². The lowest BCUT2D eigenvalue weighted by Gasteiger charge is -2.26. The van der Waals surface area contributed by atoms with Crippen LogP contribution >= 0.6 is 0 Å². The summed E-state index contributed by atoms with van der Waals surface area (Å²) in [4.78, 5) is 0. The summed E-state index contributed by atoms with van der Waals surface area (Å²) in [7, 11) is 7.80. The number of fused-ring (bicyclic) bond motifs is 3. The Bertz CT molecular complexity index is 577. The molecule has 0 amide bonds. The van der Waals surface area contributed by atoms with Gasteiger partial charge in [-0.25, -0.2) is 0 Å². The van der Waals surface area contributed by atoms with Crippen molar-refractivity contribution in [1.29, 1.82) is 0 Å². The van der Waals surface area contributed by atoms with Gasteiger partial charge in [0.2, 0.25) is 0 Å². The van der Waals surface area contributed by atoms with E-state index in [2.05, 4.69) is 57.2 Å². The molecule has 0 aliphatic heterocycles. The van der Waals surface area contributed by atoms with Crippen molar-refractivity contribution in [1.82, 2.24) is 0 Å². The fourth-order valence-corrected chi connectivity index (χ4v) is 2.97. The van der Waals surface area contributed by atoms with Gasteiger partial charge in [0.1, 0.15) is 0 Å². The van der Waals surface area contributed by atoms with Crippen LogP contribution in [0, 0.1) is 13.8 Å². The Morgan fingerprint density at radius 1 is 0.889 bits per heavy atom. The van der Waals surface area contributed by atoms with E-state index in [9.17, 15) is 0 Å². The van der Waals surface area contributed by atoms with Crippen LogP contribution in [-0.2, 0) is 5.31 Å². The van der Waals surface area contributed by atoms with E-state index >= 15 is 0 Å². The second kappa shape index (κ2) is 3.78. The molecule has 18 heavy (non-hydrogen) atoms. The Morgan fingerprint density at radius 3 is 1.72 bits per heavy atom. The summed E-state index contributed by atoms with van der Waals surface area (Å²) in [5, 5.41) is -0.164. The summed E-state index contributed by atoms with van der Waals surface area (Å²) in [6.07, 6.45) is 0. The molecule has 1 aliphatic carbocycles. The molecule has 0 aromatic heterocycles. The quantitative estimate of drug-likeness (QED) is 0.657. The average Bonchev–Trinajstić information content (AvgIpc) is 2.60. The molecule has 0 saturated carbocycles. The summed E-state index contributed by atoms with van der Waals surface area (Å²) in [5.74, 6) is 0. The molecule has 0 fully saturated rings. The minimum atomic E-state index is -0.164. The maximum atomic E-state index is 5.97. The Hall–Kier alpha value is -1.43. The third-order valence-electron chi connectivity index (χ3n) is 4.09. The molecule has 85 valence electrons. The van der Waals surface area contributed by atoms with Gasteiger partial charge in [0, 0.05) is 7.74 Å². The average molecular weight is 229 g/mol. The lowest BCUT2D eigenvalue weighted by Crippen LogP contribution is -2.29. The summed E-state index contributed by atoms with van der Waals surface area (Å²) in [6, 6.07) is 13.3. The van der Waals surface area contributed by atoms with Crippen LogP contribution in [0.5, 0.6) is 0 Å². The predicted octanol–water partition coefficient (Wildman–Crippen LogP) is 3.34. The first-order chi connectivity index (χ1) is 8.56. The lowest BCUT2D eigenvalue weighted by atomic mass is 9.37. The summed E-state index contributed by atoms with van der Waals surface area (Å²) in [6.45, 7) is 6.47. The molecule has 2 aromatic rings. The van der Waals surface area contributed by atoms with Crippen molar-refractivity contribution in [3.63, 3.8) is 0 Å². The first-order valence-corrected chi connectivity index (χ1v) is 6.35. The second-order valence-corrected chi connectivity index (χ2v) is 5.47. The van der Waals surface area contributed by atoms with Gasteiger partial charge >= 0.3 is 0 Å². The second-order valence-electron chi connectivity index (χ2n) is 5.47. The minimum Gasteiger partial charge on any atom is -0.0597 e. The van der Waals surface area contributed by atoms with E-state index in [-0.39, 0.29) is 5.31 Å². The van der Waals surface area contributed by atoms with Gasteiger partial charge in [-0.05, 0) is 41.4 Å². The molecule has 3 rings (SSSR count). The fourth-order valence-electron chi connectivity index (χ4n) is 2.97. The molecule has 0 saturated heterocycles. The molecule has 0 N–H and O–H groups in total. The van der Waals surface area contributed by atoms with E-state index in [1.165, 1.54) is 33.4 Å². The van der Waals surface area contributed by atoms with Crippen LogP contribution in [0.2, 0.25) is 0 Å². The first kappa shape index (κ1) is 11.6. The van der Waals surface area contributed by atoms with Crippen LogP contribution in [0.3, 0.4) is 0 Å². The van der Waals surface area contributed by atoms with Gasteiger partial charge in [0.05, 0.1) is 7.17 Å². The molecule has 0 atom stereocenters. The number of aryl methyl sites for hydroxylation is 2. The normalized spacial score (nSPS) is 15.1. The van der Waals surface area contributed by atoms with E-state index in [1.54, 1.807) is 0 Å². The van der Waals surface area contributed by atoms with Crippen molar-refractivity contribution >= 4 is 14.9 Å². The van der Waals surface area contributed by atoms with Crippen molar-refractivity contribution in [3.05, 3.63) is 58.7 Å². The van der Waals surface area contributed by atoms with E-state index in [0.29, 0.717) is 0 Å². The lowest BCUT2D eigenvalue weighted by molar-refractivity contribution is 0.842. The van der Waals surface area contributed by atoms with Crippen LogP contribution in [-0.4, -0.2) is 14.9 Å². The van der Waals surface area contributed by atoms with Crippen LogP contribution in [0.1, 0.15) is 29.2 Å². The largest absolute Gasteiger partial charge is 0.0746 e. The SMILES string of the molecule is [B][B]C1(C)c2cc(C)ccc2-c2ccc(C)cc21. The molecule has 0 unspecified atom stereocenters. The smallest absolute Gasteiger partial charge is 0.0597 e. The summed E-state index contributed by atoms with van der Waals surface area (Å²) < 4.78 is 0. The van der Waals surface area contributed by atoms with Crippen molar-refractivity contribution in [2.45, 2.75) is 26.1 Å². The van der Waals surface area contributed by atoms with Crippen molar-refractivity contribution in [3.8, 4) is 11.1 Å². The highest BCUT2D eigenvalue weighted by atomic mass is 14.3. The Kier molecular flexibility index (Phi) is 2.45. The van der Waals surface area contributed by atoms with Gasteiger partial charge in [-0.2, -0.15) is 0 Å². The van der Waals surface area contributed by atoms with Gasteiger partial charge < -0.3 is 0 Å². The molecule has 2 aromatic carbocycles. The van der Waals surface area contributed by atoms with Gasteiger partial charge in [-0.1, -0.05) is 54.4 Å². The van der Waals surface area contributed by atoms with Crippen LogP contribution in [0.25, 0.3) is 11.1 Å². The van der Waals surface area contributed by atoms with Gasteiger partial charge in [0.25, 0.3) is 0 Å². The highest BCUT2D eigenvalue weighted by Crippen LogP contribution is 2.48. The molecule has 0 nitrogen and oxygen atoms in total. The van der Waals surface area contributed by atoms with Gasteiger partial charge in [0.15, 0.2) is 0 Å². The van der Waals surface area contributed by atoms with Crippen molar-refractivity contribution in [2.75, 3.05) is 0 Å². The molecular weight excluding hydrogens is 214 g/mol. The highest BCUT2D eigenvalue weighted by Gasteiger charge is 2.37. The predicted molar refractivity (Wildman–Crippen MR) is 79.3 cm³/mol. The molecule has 1 aliphatic rings. The Balaban J connectivity index is 2.37. The maximum absolute atomic E-state index is 5.97. The number of hydrogen-bond acceptors (Lipinski definition) is 0. The van der Waals surface area contributed by atoms with Crippen LogP contribution in [0.4, 0.5) is 0 Å². The topological polar surface area (TPSA) is 0 Å². The van der Waals surface area contributed by atoms with E-state index in [1.807, 2.05) is 7.17 Å². The number of benzene rings is 2. The van der Waals surface area contributed by atoms with Gasteiger partial charge in [-0.3, -0.25) is 0 Å². The molecular formula is C16H15B2. The maximum Gasteiger partial charge on any atom is 0.0746 e. The number of rotatable bonds is 1. The summed E-state index contributed by atoms with van der Waals surface area (Å²) >= 11 is 0. The Morgan fingerprint density at radius 2 is 1.33 bits per heavy atom. The summed E-state index contributed by atoms with van der Waals surface area (Å²) in [5.41, 5.74) is 7.86. The zero-order chi connectivity index (χ0) is 12.9. The van der Waals surface area contributed by atoms with Gasteiger partial charge in [-0.15, -0.1) is 0 Å².